The Balaban J connectivity index is 2.15. The van der Waals surface area contributed by atoms with E-state index in [4.69, 9.17) is 4.74 Å². The topological polar surface area (TPSA) is 52.4 Å². The van der Waals surface area contributed by atoms with E-state index in [-0.39, 0.29) is 5.69 Å². The third-order valence-corrected chi connectivity index (χ3v) is 2.67. The molecule has 0 saturated heterocycles. The van der Waals surface area contributed by atoms with Crippen LogP contribution in [0.3, 0.4) is 0 Å². The number of ether oxygens (including phenoxy) is 1. The molecule has 2 aromatic rings. The fraction of sp³-hybridized carbons (Fsp3) is 0.0667. The standard InChI is InChI=1S/C15H13NO3/c1-2-13-8-9-14(10-15(13)16(17)18)19-11-12-6-4-3-5-7-12/h2-10H,1,11H2. The van der Waals surface area contributed by atoms with Crippen LogP contribution in [-0.4, -0.2) is 4.92 Å². The molecule has 0 saturated carbocycles. The minimum Gasteiger partial charge on any atom is -0.489 e. The average Bonchev–Trinajstić information content (AvgIpc) is 2.46. The van der Waals surface area contributed by atoms with Gasteiger partial charge in [-0.2, -0.15) is 0 Å². The quantitative estimate of drug-likeness (QED) is 0.603. The molecule has 0 aliphatic rings. The van der Waals surface area contributed by atoms with Gasteiger partial charge in [-0.05, 0) is 17.7 Å². The molecule has 19 heavy (non-hydrogen) atoms. The van der Waals surface area contributed by atoms with Gasteiger partial charge in [0.05, 0.1) is 16.6 Å². The molecule has 0 bridgehead atoms. The van der Waals surface area contributed by atoms with Crippen LogP contribution in [0, 0.1) is 10.1 Å². The van der Waals surface area contributed by atoms with Crippen LogP contribution in [0.15, 0.2) is 55.1 Å². The summed E-state index contributed by atoms with van der Waals surface area (Å²) in [7, 11) is 0. The molecule has 4 nitrogen and oxygen atoms in total. The molecule has 0 heterocycles. The number of hydrogen-bond acceptors (Lipinski definition) is 3. The van der Waals surface area contributed by atoms with Crippen molar-refractivity contribution in [3.63, 3.8) is 0 Å². The summed E-state index contributed by atoms with van der Waals surface area (Å²) in [6.07, 6.45) is 1.46. The van der Waals surface area contributed by atoms with Gasteiger partial charge in [-0.15, -0.1) is 0 Å². The summed E-state index contributed by atoms with van der Waals surface area (Å²) in [5.41, 5.74) is 1.50. The first-order valence-electron chi connectivity index (χ1n) is 5.78. The first-order chi connectivity index (χ1) is 9.20. The lowest BCUT2D eigenvalue weighted by Crippen LogP contribution is -1.97. The molecular formula is C15H13NO3. The minimum atomic E-state index is -0.438. The van der Waals surface area contributed by atoms with E-state index in [0.29, 0.717) is 17.9 Å². The van der Waals surface area contributed by atoms with Gasteiger partial charge in [0.2, 0.25) is 0 Å². The summed E-state index contributed by atoms with van der Waals surface area (Å²) in [5, 5.41) is 10.9. The van der Waals surface area contributed by atoms with E-state index in [1.165, 1.54) is 12.1 Å². The smallest absolute Gasteiger partial charge is 0.280 e. The first kappa shape index (κ1) is 12.8. The maximum absolute atomic E-state index is 10.9. The van der Waals surface area contributed by atoms with E-state index in [1.807, 2.05) is 30.3 Å². The molecular weight excluding hydrogens is 242 g/mol. The molecule has 0 spiro atoms. The second-order valence-electron chi connectivity index (χ2n) is 3.96. The van der Waals surface area contributed by atoms with Crippen molar-refractivity contribution < 1.29 is 9.66 Å². The van der Waals surface area contributed by atoms with E-state index in [2.05, 4.69) is 6.58 Å². The zero-order valence-electron chi connectivity index (χ0n) is 10.3. The Kier molecular flexibility index (Phi) is 3.93. The molecule has 2 aromatic carbocycles. The predicted molar refractivity (Wildman–Crippen MR) is 74.0 cm³/mol. The van der Waals surface area contributed by atoms with Crippen LogP contribution in [0.2, 0.25) is 0 Å². The van der Waals surface area contributed by atoms with Crippen molar-refractivity contribution in [3.05, 3.63) is 76.4 Å². The van der Waals surface area contributed by atoms with Gasteiger partial charge in [0.1, 0.15) is 12.4 Å². The van der Waals surface area contributed by atoms with Gasteiger partial charge >= 0.3 is 0 Å². The molecule has 96 valence electrons. The maximum atomic E-state index is 10.9. The Hall–Kier alpha value is -2.62. The normalized spacial score (nSPS) is 9.89. The highest BCUT2D eigenvalue weighted by atomic mass is 16.6. The highest BCUT2D eigenvalue weighted by molar-refractivity contribution is 5.61. The van der Waals surface area contributed by atoms with Crippen molar-refractivity contribution in [2.24, 2.45) is 0 Å². The summed E-state index contributed by atoms with van der Waals surface area (Å²) in [4.78, 5) is 10.5. The summed E-state index contributed by atoms with van der Waals surface area (Å²) >= 11 is 0. The van der Waals surface area contributed by atoms with Crippen molar-refractivity contribution in [2.75, 3.05) is 0 Å². The van der Waals surface area contributed by atoms with Gasteiger partial charge < -0.3 is 4.74 Å². The van der Waals surface area contributed by atoms with Crippen LogP contribution < -0.4 is 4.74 Å². The van der Waals surface area contributed by atoms with E-state index >= 15 is 0 Å². The molecule has 0 atom stereocenters. The van der Waals surface area contributed by atoms with Crippen LogP contribution in [0.25, 0.3) is 6.08 Å². The van der Waals surface area contributed by atoms with Crippen LogP contribution in [0.1, 0.15) is 11.1 Å². The van der Waals surface area contributed by atoms with Gasteiger partial charge in [0, 0.05) is 0 Å². The Bertz CT molecular complexity index is 594. The zero-order valence-corrected chi connectivity index (χ0v) is 10.3. The Morgan fingerprint density at radius 3 is 2.58 bits per heavy atom. The second-order valence-corrected chi connectivity index (χ2v) is 3.96. The number of nitro groups is 1. The van der Waals surface area contributed by atoms with Crippen molar-refractivity contribution in [3.8, 4) is 5.75 Å². The van der Waals surface area contributed by atoms with Crippen LogP contribution in [-0.2, 0) is 6.61 Å². The third kappa shape index (κ3) is 3.19. The van der Waals surface area contributed by atoms with E-state index in [9.17, 15) is 10.1 Å². The maximum Gasteiger partial charge on any atom is 0.280 e. The van der Waals surface area contributed by atoms with Crippen LogP contribution in [0.5, 0.6) is 5.75 Å². The molecule has 0 N–H and O–H groups in total. The molecule has 0 radical (unpaired) electrons. The van der Waals surface area contributed by atoms with Crippen molar-refractivity contribution in [2.45, 2.75) is 6.61 Å². The van der Waals surface area contributed by atoms with Gasteiger partial charge in [-0.3, -0.25) is 10.1 Å². The summed E-state index contributed by atoms with van der Waals surface area (Å²) in [6, 6.07) is 14.4. The van der Waals surface area contributed by atoms with Gasteiger partial charge in [0.15, 0.2) is 0 Å². The van der Waals surface area contributed by atoms with Gasteiger partial charge in [-0.25, -0.2) is 0 Å². The highest BCUT2D eigenvalue weighted by Gasteiger charge is 2.12. The monoisotopic (exact) mass is 255 g/mol. The molecule has 0 aromatic heterocycles. The predicted octanol–water partition coefficient (Wildman–Crippen LogP) is 3.82. The van der Waals surface area contributed by atoms with E-state index < -0.39 is 4.92 Å². The third-order valence-electron chi connectivity index (χ3n) is 2.67. The number of hydrogen-bond donors (Lipinski definition) is 0. The van der Waals surface area contributed by atoms with Crippen LogP contribution >= 0.6 is 0 Å². The molecule has 0 amide bonds. The molecule has 0 unspecified atom stereocenters. The SMILES string of the molecule is C=Cc1ccc(OCc2ccccc2)cc1[N+](=O)[O-]. The Morgan fingerprint density at radius 2 is 1.95 bits per heavy atom. The molecule has 0 aliphatic carbocycles. The number of benzene rings is 2. The fourth-order valence-electron chi connectivity index (χ4n) is 1.68. The lowest BCUT2D eigenvalue weighted by Gasteiger charge is -2.07. The molecule has 0 fully saturated rings. The summed E-state index contributed by atoms with van der Waals surface area (Å²) in [6.45, 7) is 3.93. The number of nitro benzene ring substituents is 1. The fourth-order valence-corrected chi connectivity index (χ4v) is 1.68. The minimum absolute atomic E-state index is 0.000520. The van der Waals surface area contributed by atoms with Gasteiger partial charge in [0.25, 0.3) is 5.69 Å². The highest BCUT2D eigenvalue weighted by Crippen LogP contribution is 2.26. The van der Waals surface area contributed by atoms with E-state index in [1.54, 1.807) is 12.1 Å². The molecule has 2 rings (SSSR count). The van der Waals surface area contributed by atoms with Crippen molar-refractivity contribution >= 4 is 11.8 Å². The van der Waals surface area contributed by atoms with Crippen molar-refractivity contribution in [1.82, 2.24) is 0 Å². The zero-order chi connectivity index (χ0) is 13.7. The average molecular weight is 255 g/mol. The number of rotatable bonds is 5. The van der Waals surface area contributed by atoms with Gasteiger partial charge in [-0.1, -0.05) is 43.0 Å². The summed E-state index contributed by atoms with van der Waals surface area (Å²) in [5.74, 6) is 0.473. The Labute approximate surface area is 111 Å². The lowest BCUT2D eigenvalue weighted by atomic mass is 10.1. The number of nitrogens with zero attached hydrogens (tertiary/aromatic N) is 1. The van der Waals surface area contributed by atoms with Crippen LogP contribution in [0.4, 0.5) is 5.69 Å². The van der Waals surface area contributed by atoms with Crippen molar-refractivity contribution in [1.29, 1.82) is 0 Å². The second kappa shape index (κ2) is 5.82. The summed E-state index contributed by atoms with van der Waals surface area (Å²) < 4.78 is 5.54. The molecule has 4 heteroatoms. The Morgan fingerprint density at radius 1 is 1.21 bits per heavy atom. The lowest BCUT2D eigenvalue weighted by molar-refractivity contribution is -0.385. The van der Waals surface area contributed by atoms with E-state index in [0.717, 1.165) is 5.56 Å². The largest absolute Gasteiger partial charge is 0.489 e. The molecule has 0 aliphatic heterocycles. The first-order valence-corrected chi connectivity index (χ1v) is 5.78.